The SMILES string of the molecule is CCC1CN(C(c2ccccc2)c2ccco2)CCC1N. The van der Waals surface area contributed by atoms with Gasteiger partial charge in [-0.25, -0.2) is 0 Å². The van der Waals surface area contributed by atoms with Crippen LogP contribution in [0.3, 0.4) is 0 Å². The summed E-state index contributed by atoms with van der Waals surface area (Å²) in [6.45, 7) is 4.30. The summed E-state index contributed by atoms with van der Waals surface area (Å²) >= 11 is 0. The molecule has 0 amide bonds. The van der Waals surface area contributed by atoms with Gasteiger partial charge in [0, 0.05) is 19.1 Å². The molecule has 3 rings (SSSR count). The highest BCUT2D eigenvalue weighted by molar-refractivity contribution is 5.27. The van der Waals surface area contributed by atoms with Crippen LogP contribution in [-0.2, 0) is 0 Å². The Hall–Kier alpha value is -1.58. The number of rotatable bonds is 4. The Balaban J connectivity index is 1.89. The van der Waals surface area contributed by atoms with Crippen molar-refractivity contribution in [1.82, 2.24) is 4.90 Å². The van der Waals surface area contributed by atoms with Crippen LogP contribution in [0.25, 0.3) is 0 Å². The molecule has 2 N–H and O–H groups in total. The monoisotopic (exact) mass is 284 g/mol. The first-order valence-corrected chi connectivity index (χ1v) is 7.87. The van der Waals surface area contributed by atoms with E-state index in [1.54, 1.807) is 6.26 Å². The van der Waals surface area contributed by atoms with Gasteiger partial charge in [0.1, 0.15) is 5.76 Å². The van der Waals surface area contributed by atoms with E-state index in [1.165, 1.54) is 5.56 Å². The fraction of sp³-hybridized carbons (Fsp3) is 0.444. The van der Waals surface area contributed by atoms with E-state index in [2.05, 4.69) is 48.2 Å². The molecule has 1 aliphatic rings. The van der Waals surface area contributed by atoms with E-state index in [0.717, 1.165) is 31.7 Å². The molecule has 0 aliphatic carbocycles. The molecule has 21 heavy (non-hydrogen) atoms. The number of furan rings is 1. The normalized spacial score (nSPS) is 24.9. The van der Waals surface area contributed by atoms with E-state index in [4.69, 9.17) is 10.2 Å². The van der Waals surface area contributed by atoms with Gasteiger partial charge < -0.3 is 10.2 Å². The molecule has 3 atom stereocenters. The molecule has 1 fully saturated rings. The van der Waals surface area contributed by atoms with Crippen molar-refractivity contribution in [2.24, 2.45) is 11.7 Å². The molecule has 2 heterocycles. The molecule has 0 bridgehead atoms. The number of hydrogen-bond acceptors (Lipinski definition) is 3. The second-order valence-electron chi connectivity index (χ2n) is 5.94. The van der Waals surface area contributed by atoms with Gasteiger partial charge in [-0.1, -0.05) is 43.7 Å². The summed E-state index contributed by atoms with van der Waals surface area (Å²) in [5.74, 6) is 1.59. The Morgan fingerprint density at radius 2 is 2.05 bits per heavy atom. The molecular formula is C18H24N2O. The second-order valence-corrected chi connectivity index (χ2v) is 5.94. The molecule has 1 aliphatic heterocycles. The Labute approximate surface area is 126 Å². The van der Waals surface area contributed by atoms with E-state index in [9.17, 15) is 0 Å². The molecule has 0 radical (unpaired) electrons. The third-order valence-electron chi connectivity index (χ3n) is 4.64. The first-order valence-electron chi connectivity index (χ1n) is 7.87. The van der Waals surface area contributed by atoms with Crippen LogP contribution in [0.15, 0.2) is 53.1 Å². The predicted molar refractivity (Wildman–Crippen MR) is 84.9 cm³/mol. The summed E-state index contributed by atoms with van der Waals surface area (Å²) in [5.41, 5.74) is 7.55. The molecule has 1 saturated heterocycles. The fourth-order valence-electron chi connectivity index (χ4n) is 3.38. The Morgan fingerprint density at radius 1 is 1.24 bits per heavy atom. The first-order chi connectivity index (χ1) is 10.3. The summed E-state index contributed by atoms with van der Waals surface area (Å²) in [4.78, 5) is 2.52. The topological polar surface area (TPSA) is 42.4 Å². The lowest BCUT2D eigenvalue weighted by Crippen LogP contribution is -2.48. The van der Waals surface area contributed by atoms with Crippen LogP contribution in [-0.4, -0.2) is 24.0 Å². The van der Waals surface area contributed by atoms with Crippen molar-refractivity contribution >= 4 is 0 Å². The van der Waals surface area contributed by atoms with Gasteiger partial charge in [0.2, 0.25) is 0 Å². The quantitative estimate of drug-likeness (QED) is 0.935. The average molecular weight is 284 g/mol. The minimum atomic E-state index is 0.197. The highest BCUT2D eigenvalue weighted by atomic mass is 16.3. The van der Waals surface area contributed by atoms with Gasteiger partial charge in [0.15, 0.2) is 0 Å². The van der Waals surface area contributed by atoms with Crippen molar-refractivity contribution in [2.75, 3.05) is 13.1 Å². The third-order valence-corrected chi connectivity index (χ3v) is 4.64. The van der Waals surface area contributed by atoms with Gasteiger partial charge in [0.25, 0.3) is 0 Å². The van der Waals surface area contributed by atoms with Gasteiger partial charge >= 0.3 is 0 Å². The van der Waals surface area contributed by atoms with Crippen molar-refractivity contribution < 1.29 is 4.42 Å². The van der Waals surface area contributed by atoms with Crippen LogP contribution < -0.4 is 5.73 Å². The van der Waals surface area contributed by atoms with Crippen LogP contribution in [0.4, 0.5) is 0 Å². The fourth-order valence-corrected chi connectivity index (χ4v) is 3.38. The lowest BCUT2D eigenvalue weighted by atomic mass is 9.88. The van der Waals surface area contributed by atoms with E-state index >= 15 is 0 Å². The maximum Gasteiger partial charge on any atom is 0.125 e. The molecule has 3 nitrogen and oxygen atoms in total. The highest BCUT2D eigenvalue weighted by Gasteiger charge is 2.32. The van der Waals surface area contributed by atoms with Crippen molar-refractivity contribution in [3.63, 3.8) is 0 Å². The molecule has 2 aromatic rings. The van der Waals surface area contributed by atoms with Crippen molar-refractivity contribution in [3.8, 4) is 0 Å². The zero-order valence-corrected chi connectivity index (χ0v) is 12.6. The molecule has 0 spiro atoms. The van der Waals surface area contributed by atoms with Crippen molar-refractivity contribution in [1.29, 1.82) is 0 Å². The van der Waals surface area contributed by atoms with Gasteiger partial charge in [0.05, 0.1) is 12.3 Å². The van der Waals surface area contributed by atoms with Crippen LogP contribution in [0.2, 0.25) is 0 Å². The number of nitrogens with two attached hydrogens (primary N) is 1. The number of hydrogen-bond donors (Lipinski definition) is 1. The van der Waals surface area contributed by atoms with E-state index in [1.807, 2.05) is 6.07 Å². The van der Waals surface area contributed by atoms with E-state index in [0.29, 0.717) is 12.0 Å². The standard InChI is InChI=1S/C18H24N2O/c1-2-14-13-20(11-10-16(14)19)18(17-9-6-12-21-17)15-7-4-3-5-8-15/h3-9,12,14,16,18H,2,10-11,13,19H2,1H3. The first kappa shape index (κ1) is 14.4. The van der Waals surface area contributed by atoms with E-state index < -0.39 is 0 Å². The number of likely N-dealkylation sites (tertiary alicyclic amines) is 1. The van der Waals surface area contributed by atoms with Crippen molar-refractivity contribution in [3.05, 3.63) is 60.1 Å². The number of benzene rings is 1. The van der Waals surface area contributed by atoms with Crippen LogP contribution in [0.5, 0.6) is 0 Å². The third kappa shape index (κ3) is 3.04. The molecule has 3 unspecified atom stereocenters. The second kappa shape index (κ2) is 6.46. The largest absolute Gasteiger partial charge is 0.467 e. The van der Waals surface area contributed by atoms with Crippen LogP contribution >= 0.6 is 0 Å². The molecule has 0 saturated carbocycles. The molecule has 1 aromatic heterocycles. The van der Waals surface area contributed by atoms with Gasteiger partial charge in [-0.3, -0.25) is 4.90 Å². The Kier molecular flexibility index (Phi) is 4.42. The Morgan fingerprint density at radius 3 is 2.71 bits per heavy atom. The zero-order valence-electron chi connectivity index (χ0n) is 12.6. The van der Waals surface area contributed by atoms with Crippen LogP contribution in [0, 0.1) is 5.92 Å². The minimum Gasteiger partial charge on any atom is -0.467 e. The summed E-state index contributed by atoms with van der Waals surface area (Å²) in [5, 5.41) is 0. The maximum atomic E-state index is 6.26. The number of piperidine rings is 1. The summed E-state index contributed by atoms with van der Waals surface area (Å²) in [7, 11) is 0. The lowest BCUT2D eigenvalue weighted by Gasteiger charge is -2.40. The molecule has 3 heteroatoms. The van der Waals surface area contributed by atoms with Crippen LogP contribution in [0.1, 0.15) is 37.1 Å². The smallest absolute Gasteiger partial charge is 0.125 e. The molecule has 1 aromatic carbocycles. The lowest BCUT2D eigenvalue weighted by molar-refractivity contribution is 0.112. The highest BCUT2D eigenvalue weighted by Crippen LogP contribution is 2.33. The van der Waals surface area contributed by atoms with Gasteiger partial charge in [-0.2, -0.15) is 0 Å². The zero-order chi connectivity index (χ0) is 14.7. The number of nitrogens with zero attached hydrogens (tertiary/aromatic N) is 1. The predicted octanol–water partition coefficient (Wildman–Crippen LogP) is 3.43. The summed E-state index contributed by atoms with van der Waals surface area (Å²) in [6.07, 6.45) is 3.96. The maximum absolute atomic E-state index is 6.26. The molecule has 112 valence electrons. The minimum absolute atomic E-state index is 0.197. The van der Waals surface area contributed by atoms with Gasteiger partial charge in [-0.05, 0) is 30.0 Å². The Bertz CT molecular complexity index is 538. The summed E-state index contributed by atoms with van der Waals surface area (Å²) < 4.78 is 5.73. The average Bonchev–Trinajstić information content (AvgIpc) is 3.04. The summed E-state index contributed by atoms with van der Waals surface area (Å²) in [6, 6.07) is 15.2. The van der Waals surface area contributed by atoms with Crippen molar-refractivity contribution in [2.45, 2.75) is 31.8 Å². The molecular weight excluding hydrogens is 260 g/mol. The van der Waals surface area contributed by atoms with E-state index in [-0.39, 0.29) is 6.04 Å². The van der Waals surface area contributed by atoms with Gasteiger partial charge in [-0.15, -0.1) is 0 Å².